The summed E-state index contributed by atoms with van der Waals surface area (Å²) in [6, 6.07) is 0. The summed E-state index contributed by atoms with van der Waals surface area (Å²) in [4.78, 5) is 0. The van der Waals surface area contributed by atoms with Crippen LogP contribution in [0.25, 0.3) is 0 Å². The smallest absolute Gasteiger partial charge is 0.157 e. The first-order valence-corrected chi connectivity index (χ1v) is 8.90. The monoisotopic (exact) mass is 282 g/mol. The molecule has 3 atom stereocenters. The molecule has 0 spiro atoms. The minimum absolute atomic E-state index is 0.0742. The molecule has 1 aliphatic heterocycles. The van der Waals surface area contributed by atoms with Crippen molar-refractivity contribution in [2.75, 3.05) is 12.8 Å². The Morgan fingerprint density at radius 3 is 3.07 bits per heavy atom. The van der Waals surface area contributed by atoms with Crippen LogP contribution in [0.4, 0.5) is 0 Å². The van der Waals surface area contributed by atoms with Gasteiger partial charge in [-0.2, -0.15) is 0 Å². The molecule has 0 aromatic carbocycles. The fourth-order valence-electron chi connectivity index (χ4n) is 1.60. The van der Waals surface area contributed by atoms with Gasteiger partial charge in [-0.25, -0.2) is 0 Å². The van der Waals surface area contributed by atoms with Crippen molar-refractivity contribution in [2.45, 2.75) is 51.4 Å². The van der Waals surface area contributed by atoms with Crippen molar-refractivity contribution in [3.8, 4) is 0 Å². The molecule has 0 bridgehead atoms. The summed E-state index contributed by atoms with van der Waals surface area (Å²) in [5.41, 5.74) is 0. The van der Waals surface area contributed by atoms with E-state index in [1.165, 1.54) is 25.4 Å². The van der Waals surface area contributed by atoms with E-state index in [1.807, 2.05) is 0 Å². The van der Waals surface area contributed by atoms with E-state index < -0.39 is 0 Å². The van der Waals surface area contributed by atoms with Crippen LogP contribution in [0.5, 0.6) is 0 Å². The average molecular weight is 283 g/mol. The highest BCUT2D eigenvalue weighted by molar-refractivity contribution is 9.36. The highest BCUT2D eigenvalue weighted by Crippen LogP contribution is 2.22. The molecule has 1 rings (SSSR count). The van der Waals surface area contributed by atoms with Gasteiger partial charge in [-0.15, -0.1) is 0 Å². The van der Waals surface area contributed by atoms with Crippen LogP contribution in [0.15, 0.2) is 0 Å². The van der Waals surface area contributed by atoms with Crippen LogP contribution < -0.4 is 0 Å². The van der Waals surface area contributed by atoms with E-state index in [-0.39, 0.29) is 6.29 Å². The Kier molecular flexibility index (Phi) is 7.40. The molecule has 0 amide bonds. The molecule has 84 valence electrons. The molecular formula is C10H20BrO2P. The maximum atomic E-state index is 5.80. The van der Waals surface area contributed by atoms with Gasteiger partial charge >= 0.3 is 0 Å². The molecule has 1 saturated heterocycles. The molecule has 0 aromatic heterocycles. The Balaban J connectivity index is 2.03. The highest BCUT2D eigenvalue weighted by Gasteiger charge is 2.16. The van der Waals surface area contributed by atoms with E-state index in [2.05, 4.69) is 22.4 Å². The fourth-order valence-corrected chi connectivity index (χ4v) is 2.78. The van der Waals surface area contributed by atoms with Gasteiger partial charge in [0.1, 0.15) is 0 Å². The van der Waals surface area contributed by atoms with E-state index in [0.29, 0.717) is 6.10 Å². The lowest BCUT2D eigenvalue weighted by atomic mass is 10.2. The summed E-state index contributed by atoms with van der Waals surface area (Å²) < 4.78 is 11.3. The first-order valence-electron chi connectivity index (χ1n) is 5.43. The Labute approximate surface area is 96.6 Å². The molecule has 0 saturated carbocycles. The lowest BCUT2D eigenvalue weighted by molar-refractivity contribution is -0.185. The molecule has 14 heavy (non-hydrogen) atoms. The molecule has 1 heterocycles. The van der Waals surface area contributed by atoms with E-state index in [4.69, 9.17) is 9.47 Å². The first kappa shape index (κ1) is 12.9. The zero-order chi connectivity index (χ0) is 10.2. The number of hydrogen-bond donors (Lipinski definition) is 0. The second-order valence-electron chi connectivity index (χ2n) is 3.77. The maximum absolute atomic E-state index is 5.80. The fraction of sp³-hybridized carbons (Fsp3) is 1.00. The van der Waals surface area contributed by atoms with Crippen LogP contribution >= 0.6 is 22.8 Å². The minimum Gasteiger partial charge on any atom is -0.353 e. The lowest BCUT2D eigenvalue weighted by Gasteiger charge is -2.26. The Bertz CT molecular complexity index is 140. The third kappa shape index (κ3) is 5.65. The van der Waals surface area contributed by atoms with Crippen LogP contribution in [0.1, 0.15) is 39.0 Å². The van der Waals surface area contributed by atoms with Crippen molar-refractivity contribution >= 4 is 22.8 Å². The molecule has 0 radical (unpaired) electrons. The molecule has 0 N–H and O–H groups in total. The van der Waals surface area contributed by atoms with Crippen molar-refractivity contribution in [1.29, 1.82) is 0 Å². The van der Waals surface area contributed by atoms with Gasteiger partial charge < -0.3 is 9.47 Å². The predicted octanol–water partition coefficient (Wildman–Crippen LogP) is 3.69. The number of halogens is 1. The van der Waals surface area contributed by atoms with Gasteiger partial charge in [0, 0.05) is 6.61 Å². The van der Waals surface area contributed by atoms with Crippen LogP contribution in [0, 0.1) is 0 Å². The number of rotatable bonds is 6. The molecule has 1 aliphatic rings. The lowest BCUT2D eigenvalue weighted by Crippen LogP contribution is -2.26. The van der Waals surface area contributed by atoms with Gasteiger partial charge in [-0.05, 0) is 45.2 Å². The van der Waals surface area contributed by atoms with Crippen molar-refractivity contribution in [3.05, 3.63) is 0 Å². The topological polar surface area (TPSA) is 18.5 Å². The summed E-state index contributed by atoms with van der Waals surface area (Å²) in [5, 5.41) is 0. The third-order valence-electron chi connectivity index (χ3n) is 2.40. The second-order valence-corrected chi connectivity index (χ2v) is 6.22. The SMILES string of the molecule is CC(CCCPBr)OC1CCCCO1. The zero-order valence-electron chi connectivity index (χ0n) is 8.80. The van der Waals surface area contributed by atoms with E-state index >= 15 is 0 Å². The van der Waals surface area contributed by atoms with E-state index in [0.717, 1.165) is 26.7 Å². The zero-order valence-corrected chi connectivity index (χ0v) is 11.4. The van der Waals surface area contributed by atoms with Gasteiger partial charge in [0.25, 0.3) is 0 Å². The predicted molar refractivity (Wildman–Crippen MR) is 65.5 cm³/mol. The van der Waals surface area contributed by atoms with Gasteiger partial charge in [-0.3, -0.25) is 0 Å². The molecule has 1 fully saturated rings. The number of hydrogen-bond acceptors (Lipinski definition) is 2. The van der Waals surface area contributed by atoms with E-state index in [1.54, 1.807) is 0 Å². The second kappa shape index (κ2) is 8.04. The van der Waals surface area contributed by atoms with Crippen molar-refractivity contribution < 1.29 is 9.47 Å². The number of ether oxygens (including phenoxy) is 2. The molecule has 2 nitrogen and oxygen atoms in total. The maximum Gasteiger partial charge on any atom is 0.157 e. The van der Waals surface area contributed by atoms with Gasteiger partial charge in [0.2, 0.25) is 0 Å². The van der Waals surface area contributed by atoms with Crippen molar-refractivity contribution in [1.82, 2.24) is 0 Å². The molecule has 3 unspecified atom stereocenters. The Morgan fingerprint density at radius 2 is 2.43 bits per heavy atom. The summed E-state index contributed by atoms with van der Waals surface area (Å²) in [5.74, 6) is 0. The average Bonchev–Trinajstić information content (AvgIpc) is 2.20. The van der Waals surface area contributed by atoms with Crippen LogP contribution in [-0.4, -0.2) is 25.2 Å². The molecule has 4 heteroatoms. The van der Waals surface area contributed by atoms with Gasteiger partial charge in [0.05, 0.1) is 6.10 Å². The quantitative estimate of drug-likeness (QED) is 0.547. The summed E-state index contributed by atoms with van der Waals surface area (Å²) in [6.07, 6.45) is 7.60. The van der Waals surface area contributed by atoms with Crippen LogP contribution in [0.2, 0.25) is 0 Å². The van der Waals surface area contributed by atoms with E-state index in [9.17, 15) is 0 Å². The first-order chi connectivity index (χ1) is 6.83. The summed E-state index contributed by atoms with van der Waals surface area (Å²) in [6.45, 7) is 3.02. The molecule has 0 aromatic rings. The minimum atomic E-state index is 0.0742. The molecular weight excluding hydrogens is 263 g/mol. The standard InChI is InChI=1S/C10H20BrO2P/c1-9(5-4-8-14-11)13-10-6-2-3-7-12-10/h9-10,14H,2-8H2,1H3. The highest BCUT2D eigenvalue weighted by atomic mass is 79.9. The van der Waals surface area contributed by atoms with Crippen molar-refractivity contribution in [2.24, 2.45) is 0 Å². The van der Waals surface area contributed by atoms with Crippen LogP contribution in [0.3, 0.4) is 0 Å². The Morgan fingerprint density at radius 1 is 1.57 bits per heavy atom. The summed E-state index contributed by atoms with van der Waals surface area (Å²) >= 11 is 3.46. The van der Waals surface area contributed by atoms with Crippen molar-refractivity contribution in [3.63, 3.8) is 0 Å². The normalized spacial score (nSPS) is 25.7. The van der Waals surface area contributed by atoms with Gasteiger partial charge in [0.15, 0.2) is 6.29 Å². The Hall–Kier alpha value is 0.830. The summed E-state index contributed by atoms with van der Waals surface area (Å²) in [7, 11) is 0.891. The van der Waals surface area contributed by atoms with Gasteiger partial charge in [-0.1, -0.05) is 22.8 Å². The van der Waals surface area contributed by atoms with Crippen LogP contribution in [-0.2, 0) is 9.47 Å². The third-order valence-corrected chi connectivity index (χ3v) is 4.14. The largest absolute Gasteiger partial charge is 0.353 e. The molecule has 0 aliphatic carbocycles.